The Morgan fingerprint density at radius 1 is 1.18 bits per heavy atom. The van der Waals surface area contributed by atoms with Crippen molar-refractivity contribution in [3.63, 3.8) is 0 Å². The molecule has 2 fully saturated rings. The Kier molecular flexibility index (Phi) is 4.89. The lowest BCUT2D eigenvalue weighted by atomic mass is 9.74. The lowest BCUT2D eigenvalue weighted by molar-refractivity contribution is 0.0507. The molecule has 1 saturated carbocycles. The van der Waals surface area contributed by atoms with Gasteiger partial charge in [0.15, 0.2) is 0 Å². The molecule has 1 heterocycles. The zero-order valence-electron chi connectivity index (χ0n) is 12.7. The van der Waals surface area contributed by atoms with Crippen LogP contribution in [-0.4, -0.2) is 32.3 Å². The van der Waals surface area contributed by atoms with Gasteiger partial charge >= 0.3 is 6.03 Å². The first-order valence-corrected chi connectivity index (χ1v) is 8.41. The molecule has 0 bridgehead atoms. The Morgan fingerprint density at radius 2 is 1.86 bits per heavy atom. The molecule has 1 saturated heterocycles. The molecule has 2 aliphatic rings. The predicted molar refractivity (Wildman–Crippen MR) is 87.3 cm³/mol. The van der Waals surface area contributed by atoms with Gasteiger partial charge in [0.25, 0.3) is 0 Å². The lowest BCUT2D eigenvalue weighted by Gasteiger charge is -2.38. The van der Waals surface area contributed by atoms with Crippen molar-refractivity contribution in [2.75, 3.05) is 26.3 Å². The average molecular weight is 323 g/mol. The topological polar surface area (TPSA) is 50.4 Å². The summed E-state index contributed by atoms with van der Waals surface area (Å²) in [4.78, 5) is 12.0. The van der Waals surface area contributed by atoms with Crippen molar-refractivity contribution in [3.8, 4) is 0 Å². The first-order chi connectivity index (χ1) is 10.7. The zero-order valence-corrected chi connectivity index (χ0v) is 13.5. The van der Waals surface area contributed by atoms with E-state index in [1.54, 1.807) is 0 Å². The monoisotopic (exact) mass is 322 g/mol. The summed E-state index contributed by atoms with van der Waals surface area (Å²) in [5.74, 6) is 0.694. The van der Waals surface area contributed by atoms with Crippen LogP contribution in [0.15, 0.2) is 24.3 Å². The van der Waals surface area contributed by atoms with Crippen molar-refractivity contribution in [2.45, 2.75) is 31.1 Å². The number of ether oxygens (including phenoxy) is 1. The molecule has 2 amide bonds. The van der Waals surface area contributed by atoms with Crippen molar-refractivity contribution in [1.29, 1.82) is 0 Å². The number of hydrogen-bond donors (Lipinski definition) is 2. The number of hydrogen-bond acceptors (Lipinski definition) is 2. The third-order valence-corrected chi connectivity index (χ3v) is 4.99. The molecule has 0 radical (unpaired) electrons. The molecule has 0 unspecified atom stereocenters. The van der Waals surface area contributed by atoms with Crippen LogP contribution in [0.5, 0.6) is 0 Å². The van der Waals surface area contributed by atoms with Gasteiger partial charge in [0.1, 0.15) is 0 Å². The van der Waals surface area contributed by atoms with Gasteiger partial charge in [0, 0.05) is 36.7 Å². The van der Waals surface area contributed by atoms with Crippen LogP contribution in [0.2, 0.25) is 5.02 Å². The number of amides is 2. The predicted octanol–water partition coefficient (Wildman–Crippen LogP) is 3.10. The quantitative estimate of drug-likeness (QED) is 0.875. The minimum atomic E-state index is -0.0632. The first-order valence-electron chi connectivity index (χ1n) is 8.03. The maximum absolute atomic E-state index is 12.0. The maximum Gasteiger partial charge on any atom is 0.314 e. The first kappa shape index (κ1) is 15.6. The summed E-state index contributed by atoms with van der Waals surface area (Å²) in [5, 5.41) is 6.75. The molecule has 2 N–H and O–H groups in total. The molecule has 1 aliphatic heterocycles. The average Bonchev–Trinajstić information content (AvgIpc) is 3.37. The Morgan fingerprint density at radius 3 is 2.50 bits per heavy atom. The van der Waals surface area contributed by atoms with Gasteiger partial charge in [-0.05, 0) is 49.3 Å². The molecule has 120 valence electrons. The lowest BCUT2D eigenvalue weighted by Crippen LogP contribution is -2.47. The van der Waals surface area contributed by atoms with Crippen molar-refractivity contribution in [3.05, 3.63) is 34.9 Å². The van der Waals surface area contributed by atoms with Gasteiger partial charge in [0.2, 0.25) is 0 Å². The maximum atomic E-state index is 12.0. The van der Waals surface area contributed by atoms with Gasteiger partial charge < -0.3 is 15.4 Å². The third-order valence-electron chi connectivity index (χ3n) is 4.74. The number of nitrogens with one attached hydrogen (secondary N) is 2. The minimum Gasteiger partial charge on any atom is -0.381 e. The summed E-state index contributed by atoms with van der Waals surface area (Å²) in [5.41, 5.74) is 1.17. The van der Waals surface area contributed by atoms with E-state index < -0.39 is 0 Å². The molecule has 4 nitrogen and oxygen atoms in total. The summed E-state index contributed by atoms with van der Waals surface area (Å²) in [6.45, 7) is 2.89. The van der Waals surface area contributed by atoms with E-state index in [2.05, 4.69) is 22.8 Å². The molecule has 22 heavy (non-hydrogen) atoms. The molecular formula is C17H23ClN2O2. The van der Waals surface area contributed by atoms with Crippen LogP contribution >= 0.6 is 11.6 Å². The fourth-order valence-corrected chi connectivity index (χ4v) is 3.13. The summed E-state index contributed by atoms with van der Waals surface area (Å²) in [6.07, 6.45) is 4.31. The molecule has 0 atom stereocenters. The number of urea groups is 1. The largest absolute Gasteiger partial charge is 0.381 e. The van der Waals surface area contributed by atoms with Crippen LogP contribution in [-0.2, 0) is 10.2 Å². The fraction of sp³-hybridized carbons (Fsp3) is 0.588. The molecule has 3 rings (SSSR count). The Labute approximate surface area is 136 Å². The molecule has 1 aromatic carbocycles. The molecule has 1 aliphatic carbocycles. The van der Waals surface area contributed by atoms with Crippen LogP contribution in [0.25, 0.3) is 0 Å². The highest BCUT2D eigenvalue weighted by atomic mass is 35.5. The molecular weight excluding hydrogens is 300 g/mol. The van der Waals surface area contributed by atoms with Crippen molar-refractivity contribution in [1.82, 2.24) is 10.6 Å². The van der Waals surface area contributed by atoms with E-state index >= 15 is 0 Å². The molecule has 1 aromatic rings. The SMILES string of the molecule is O=C(NCC1CC1)NCC1(c2ccc(Cl)cc2)CCOCC1. The van der Waals surface area contributed by atoms with Gasteiger partial charge in [-0.25, -0.2) is 4.79 Å². The van der Waals surface area contributed by atoms with E-state index in [1.807, 2.05) is 12.1 Å². The Bertz CT molecular complexity index is 508. The Hall–Kier alpha value is -1.26. The Balaban J connectivity index is 1.63. The van der Waals surface area contributed by atoms with Crippen LogP contribution in [0.4, 0.5) is 4.79 Å². The number of halogens is 1. The minimum absolute atomic E-state index is 0.0558. The highest BCUT2D eigenvalue weighted by Crippen LogP contribution is 2.35. The second-order valence-corrected chi connectivity index (χ2v) is 6.84. The van der Waals surface area contributed by atoms with Crippen molar-refractivity contribution >= 4 is 17.6 Å². The molecule has 0 aromatic heterocycles. The highest BCUT2D eigenvalue weighted by Gasteiger charge is 2.35. The fourth-order valence-electron chi connectivity index (χ4n) is 3.00. The number of rotatable bonds is 5. The van der Waals surface area contributed by atoms with Crippen molar-refractivity contribution < 1.29 is 9.53 Å². The van der Waals surface area contributed by atoms with Crippen LogP contribution in [0.3, 0.4) is 0 Å². The summed E-state index contributed by atoms with van der Waals surface area (Å²) < 4.78 is 5.51. The van der Waals surface area contributed by atoms with Gasteiger partial charge in [0.05, 0.1) is 0 Å². The third kappa shape index (κ3) is 3.93. The van der Waals surface area contributed by atoms with Crippen LogP contribution in [0.1, 0.15) is 31.2 Å². The normalized spacial score (nSPS) is 20.4. The zero-order chi connectivity index (χ0) is 15.4. The smallest absolute Gasteiger partial charge is 0.314 e. The highest BCUT2D eigenvalue weighted by molar-refractivity contribution is 6.30. The van der Waals surface area contributed by atoms with Gasteiger partial charge in [-0.2, -0.15) is 0 Å². The van der Waals surface area contributed by atoms with Gasteiger partial charge in [-0.1, -0.05) is 23.7 Å². The summed E-state index contributed by atoms with van der Waals surface area (Å²) in [6, 6.07) is 7.91. The number of carbonyl (C=O) groups is 1. The summed E-state index contributed by atoms with van der Waals surface area (Å²) >= 11 is 6.00. The molecule has 5 heteroatoms. The van der Waals surface area contributed by atoms with Crippen LogP contribution in [0, 0.1) is 5.92 Å². The van der Waals surface area contributed by atoms with Gasteiger partial charge in [-0.3, -0.25) is 0 Å². The van der Waals surface area contributed by atoms with E-state index in [0.29, 0.717) is 12.5 Å². The van der Waals surface area contributed by atoms with Crippen LogP contribution < -0.4 is 10.6 Å². The van der Waals surface area contributed by atoms with Gasteiger partial charge in [-0.15, -0.1) is 0 Å². The second-order valence-electron chi connectivity index (χ2n) is 6.41. The second kappa shape index (κ2) is 6.88. The number of carbonyl (C=O) groups excluding carboxylic acids is 1. The van der Waals surface area contributed by atoms with E-state index in [0.717, 1.165) is 37.6 Å². The van der Waals surface area contributed by atoms with E-state index in [4.69, 9.17) is 16.3 Å². The van der Waals surface area contributed by atoms with E-state index in [9.17, 15) is 4.79 Å². The molecule has 0 spiro atoms. The van der Waals surface area contributed by atoms with E-state index in [-0.39, 0.29) is 11.4 Å². The van der Waals surface area contributed by atoms with Crippen molar-refractivity contribution in [2.24, 2.45) is 5.92 Å². The van der Waals surface area contributed by atoms with E-state index in [1.165, 1.54) is 18.4 Å². The standard InChI is InChI=1S/C17H23ClN2O2/c18-15-5-3-14(4-6-15)17(7-9-22-10-8-17)12-20-16(21)19-11-13-1-2-13/h3-6,13H,1-2,7-12H2,(H2,19,20,21). The number of benzene rings is 1. The summed E-state index contributed by atoms with van der Waals surface area (Å²) in [7, 11) is 0.